The number of nitrogens with one attached hydrogen (secondary N) is 1. The number of rotatable bonds is 4. The lowest BCUT2D eigenvalue weighted by molar-refractivity contribution is -0.138. The van der Waals surface area contributed by atoms with Crippen molar-refractivity contribution >= 4 is 28.7 Å². The molecule has 2 fully saturated rings. The third kappa shape index (κ3) is 2.71. The number of piperazine rings is 1. The molecule has 0 radical (unpaired) electrons. The lowest BCUT2D eigenvalue weighted by Gasteiger charge is -2.36. The highest BCUT2D eigenvalue weighted by molar-refractivity contribution is 6.01. The summed E-state index contributed by atoms with van der Waals surface area (Å²) in [7, 11) is 0. The second kappa shape index (κ2) is 6.16. The minimum absolute atomic E-state index is 0.0398. The number of H-pyrrole nitrogens is 1. The molecule has 2 aromatic heterocycles. The summed E-state index contributed by atoms with van der Waals surface area (Å²) in [5.41, 5.74) is 0.744. The predicted molar refractivity (Wildman–Crippen MR) is 86.3 cm³/mol. The van der Waals surface area contributed by atoms with E-state index < -0.39 is 0 Å². The first-order valence-corrected chi connectivity index (χ1v) is 8.17. The number of imide groups is 1. The lowest BCUT2D eigenvalue weighted by Crippen LogP contribution is -2.49. The third-order valence-electron chi connectivity index (χ3n) is 4.69. The Balaban J connectivity index is 1.34. The standard InChI is InChI=1S/C15H19N7O2/c23-12-1-2-13(24)22(12)8-5-20-3-6-21(7-4-20)15-11-9-18-19-14(11)16-10-17-15/h9-10H,1-8H2,(H,16,17,18,19). The van der Waals surface area contributed by atoms with E-state index in [0.29, 0.717) is 19.4 Å². The first-order valence-electron chi connectivity index (χ1n) is 8.17. The molecule has 0 bridgehead atoms. The van der Waals surface area contributed by atoms with Crippen LogP contribution in [-0.4, -0.2) is 81.0 Å². The van der Waals surface area contributed by atoms with Crippen LogP contribution in [0.4, 0.5) is 5.82 Å². The van der Waals surface area contributed by atoms with Crippen LogP contribution >= 0.6 is 0 Å². The molecular formula is C15H19N7O2. The highest BCUT2D eigenvalue weighted by Gasteiger charge is 2.29. The summed E-state index contributed by atoms with van der Waals surface area (Å²) < 4.78 is 0. The number of aromatic nitrogens is 4. The maximum absolute atomic E-state index is 11.6. The van der Waals surface area contributed by atoms with Crippen molar-refractivity contribution in [3.63, 3.8) is 0 Å². The summed E-state index contributed by atoms with van der Waals surface area (Å²) in [4.78, 5) is 37.8. The Kier molecular flexibility index (Phi) is 3.85. The Hall–Kier alpha value is -2.55. The summed E-state index contributed by atoms with van der Waals surface area (Å²) in [6.07, 6.45) is 4.02. The van der Waals surface area contributed by atoms with Gasteiger partial charge in [0.25, 0.3) is 0 Å². The fraction of sp³-hybridized carbons (Fsp3) is 0.533. The molecule has 24 heavy (non-hydrogen) atoms. The third-order valence-corrected chi connectivity index (χ3v) is 4.69. The van der Waals surface area contributed by atoms with Crippen LogP contribution in [0.5, 0.6) is 0 Å². The first kappa shape index (κ1) is 15.0. The summed E-state index contributed by atoms with van der Waals surface area (Å²) in [5.74, 6) is 0.822. The van der Waals surface area contributed by atoms with Crippen LogP contribution in [0, 0.1) is 0 Å². The molecule has 2 aromatic rings. The molecule has 2 amide bonds. The summed E-state index contributed by atoms with van der Waals surface area (Å²) in [5, 5.41) is 7.82. The molecule has 2 aliphatic heterocycles. The molecule has 0 spiro atoms. The smallest absolute Gasteiger partial charge is 0.229 e. The topological polar surface area (TPSA) is 98.3 Å². The van der Waals surface area contributed by atoms with Crippen molar-refractivity contribution in [2.75, 3.05) is 44.2 Å². The van der Waals surface area contributed by atoms with Crippen molar-refractivity contribution in [1.29, 1.82) is 0 Å². The van der Waals surface area contributed by atoms with Crippen LogP contribution in [0.2, 0.25) is 0 Å². The SMILES string of the molecule is O=C1CCC(=O)N1CCN1CCN(c2ncnc3[nH]ncc23)CC1. The number of aromatic amines is 1. The van der Waals surface area contributed by atoms with Crippen molar-refractivity contribution in [2.24, 2.45) is 0 Å². The molecule has 9 nitrogen and oxygen atoms in total. The van der Waals surface area contributed by atoms with Gasteiger partial charge in [-0.25, -0.2) is 9.97 Å². The van der Waals surface area contributed by atoms with E-state index in [1.54, 1.807) is 12.5 Å². The molecule has 0 unspecified atom stereocenters. The van der Waals surface area contributed by atoms with Gasteiger partial charge in [0.1, 0.15) is 12.1 Å². The van der Waals surface area contributed by atoms with E-state index in [1.807, 2.05) is 0 Å². The average Bonchev–Trinajstić information content (AvgIpc) is 3.20. The summed E-state index contributed by atoms with van der Waals surface area (Å²) >= 11 is 0. The van der Waals surface area contributed by atoms with Crippen molar-refractivity contribution in [1.82, 2.24) is 30.0 Å². The van der Waals surface area contributed by atoms with Gasteiger partial charge in [0.05, 0.1) is 11.6 Å². The summed E-state index contributed by atoms with van der Waals surface area (Å²) in [6.45, 7) is 4.67. The van der Waals surface area contributed by atoms with Gasteiger partial charge in [0.2, 0.25) is 11.8 Å². The van der Waals surface area contributed by atoms with Gasteiger partial charge in [-0.2, -0.15) is 5.10 Å². The molecule has 2 aliphatic rings. The van der Waals surface area contributed by atoms with Crippen molar-refractivity contribution < 1.29 is 9.59 Å². The second-order valence-electron chi connectivity index (χ2n) is 6.10. The van der Waals surface area contributed by atoms with Gasteiger partial charge in [0, 0.05) is 52.1 Å². The van der Waals surface area contributed by atoms with E-state index in [2.05, 4.69) is 30.0 Å². The highest BCUT2D eigenvalue weighted by Crippen LogP contribution is 2.22. The minimum Gasteiger partial charge on any atom is -0.353 e. The number of nitrogens with zero attached hydrogens (tertiary/aromatic N) is 6. The summed E-state index contributed by atoms with van der Waals surface area (Å²) in [6, 6.07) is 0. The predicted octanol–water partition coefficient (Wildman–Crippen LogP) is -0.376. The second-order valence-corrected chi connectivity index (χ2v) is 6.10. The fourth-order valence-corrected chi connectivity index (χ4v) is 3.30. The van der Waals surface area contributed by atoms with E-state index in [4.69, 9.17) is 0 Å². The number of likely N-dealkylation sites (tertiary alicyclic amines) is 1. The van der Waals surface area contributed by atoms with Crippen molar-refractivity contribution in [3.8, 4) is 0 Å². The van der Waals surface area contributed by atoms with E-state index >= 15 is 0 Å². The van der Waals surface area contributed by atoms with Crippen LogP contribution in [0.25, 0.3) is 11.0 Å². The quantitative estimate of drug-likeness (QED) is 0.764. The van der Waals surface area contributed by atoms with Crippen LogP contribution in [0.15, 0.2) is 12.5 Å². The maximum Gasteiger partial charge on any atom is 0.229 e. The molecule has 9 heteroatoms. The Morgan fingerprint density at radius 3 is 2.50 bits per heavy atom. The zero-order valence-electron chi connectivity index (χ0n) is 13.3. The number of hydrogen-bond donors (Lipinski definition) is 1. The first-order chi connectivity index (χ1) is 11.7. The van der Waals surface area contributed by atoms with Crippen LogP contribution in [0.3, 0.4) is 0 Å². The minimum atomic E-state index is -0.0398. The van der Waals surface area contributed by atoms with E-state index in [1.165, 1.54) is 4.90 Å². The van der Waals surface area contributed by atoms with Gasteiger partial charge in [-0.05, 0) is 0 Å². The van der Waals surface area contributed by atoms with Crippen molar-refractivity contribution in [3.05, 3.63) is 12.5 Å². The molecule has 4 heterocycles. The molecule has 2 saturated heterocycles. The molecule has 126 valence electrons. The zero-order chi connectivity index (χ0) is 16.5. The fourth-order valence-electron chi connectivity index (χ4n) is 3.30. The van der Waals surface area contributed by atoms with Crippen LogP contribution < -0.4 is 4.90 Å². The molecule has 0 aliphatic carbocycles. The highest BCUT2D eigenvalue weighted by atomic mass is 16.2. The number of hydrogen-bond acceptors (Lipinski definition) is 7. The van der Waals surface area contributed by atoms with Gasteiger partial charge in [-0.1, -0.05) is 0 Å². The molecule has 4 rings (SSSR count). The Labute approximate surface area is 138 Å². The van der Waals surface area contributed by atoms with Gasteiger partial charge in [-0.3, -0.25) is 24.5 Å². The van der Waals surface area contributed by atoms with Gasteiger partial charge in [-0.15, -0.1) is 0 Å². The number of amides is 2. The molecule has 0 atom stereocenters. The van der Waals surface area contributed by atoms with E-state index in [9.17, 15) is 9.59 Å². The number of anilines is 1. The Morgan fingerprint density at radius 2 is 1.75 bits per heavy atom. The van der Waals surface area contributed by atoms with E-state index in [-0.39, 0.29) is 11.8 Å². The number of carbonyl (C=O) groups excluding carboxylic acids is 2. The van der Waals surface area contributed by atoms with Crippen LogP contribution in [-0.2, 0) is 9.59 Å². The van der Waals surface area contributed by atoms with Crippen molar-refractivity contribution in [2.45, 2.75) is 12.8 Å². The maximum atomic E-state index is 11.6. The zero-order valence-corrected chi connectivity index (χ0v) is 13.3. The largest absolute Gasteiger partial charge is 0.353 e. The lowest BCUT2D eigenvalue weighted by atomic mass is 10.2. The van der Waals surface area contributed by atoms with E-state index in [0.717, 1.165) is 49.6 Å². The number of fused-ring (bicyclic) bond motifs is 1. The monoisotopic (exact) mass is 329 g/mol. The van der Waals surface area contributed by atoms with Gasteiger partial charge in [0.15, 0.2) is 5.65 Å². The Morgan fingerprint density at radius 1 is 1.00 bits per heavy atom. The molecule has 0 saturated carbocycles. The normalized spacial score (nSPS) is 19.7. The average molecular weight is 329 g/mol. The Bertz CT molecular complexity index is 750. The molecule has 0 aromatic carbocycles. The molecule has 1 N–H and O–H groups in total. The van der Waals surface area contributed by atoms with Crippen LogP contribution in [0.1, 0.15) is 12.8 Å². The van der Waals surface area contributed by atoms with Gasteiger partial charge >= 0.3 is 0 Å². The molecular weight excluding hydrogens is 310 g/mol. The number of carbonyl (C=O) groups is 2. The van der Waals surface area contributed by atoms with Gasteiger partial charge < -0.3 is 4.90 Å².